The number of carbonyl (C=O) groups is 1. The van der Waals surface area contributed by atoms with Crippen LogP contribution in [0.25, 0.3) is 0 Å². The van der Waals surface area contributed by atoms with Crippen molar-refractivity contribution in [2.24, 2.45) is 5.92 Å². The topological polar surface area (TPSA) is 26.3 Å². The van der Waals surface area contributed by atoms with Crippen molar-refractivity contribution in [1.29, 1.82) is 0 Å². The van der Waals surface area contributed by atoms with Crippen molar-refractivity contribution in [2.45, 2.75) is 25.2 Å². The van der Waals surface area contributed by atoms with Crippen molar-refractivity contribution in [3.8, 4) is 0 Å². The molecular weight excluding hydrogens is 199 g/mol. The Kier molecular flexibility index (Phi) is 2.79. The van der Waals surface area contributed by atoms with Crippen LogP contribution >= 0.6 is 0 Å². The zero-order valence-electron chi connectivity index (χ0n) is 10.1. The van der Waals surface area contributed by atoms with Gasteiger partial charge in [-0.1, -0.05) is 29.7 Å². The highest BCUT2D eigenvalue weighted by atomic mass is 16.5. The monoisotopic (exact) mass is 216 g/mol. The van der Waals surface area contributed by atoms with E-state index < -0.39 is 5.41 Å². The fraction of sp³-hybridized carbons (Fsp3) is 0.462. The van der Waals surface area contributed by atoms with Gasteiger partial charge in [-0.15, -0.1) is 0 Å². The fourth-order valence-electron chi connectivity index (χ4n) is 2.29. The number of hydrogen-bond acceptors (Lipinski definition) is 2. The van der Waals surface area contributed by atoms with Crippen LogP contribution in [0.4, 0.5) is 0 Å². The van der Waals surface area contributed by atoms with Crippen LogP contribution in [0.5, 0.6) is 0 Å². The Morgan fingerprint density at radius 1 is 1.38 bits per heavy atom. The van der Waals surface area contributed by atoms with E-state index >= 15 is 0 Å². The molecule has 2 nitrogen and oxygen atoms in total. The largest absolute Gasteiger partial charge is 0.468 e. The molecule has 0 heterocycles. The highest BCUT2D eigenvalue weighted by molar-refractivity contribution is 6.32. The van der Waals surface area contributed by atoms with Gasteiger partial charge in [0.2, 0.25) is 0 Å². The van der Waals surface area contributed by atoms with E-state index in [1.165, 1.54) is 12.6 Å². The quantitative estimate of drug-likeness (QED) is 0.551. The van der Waals surface area contributed by atoms with E-state index in [4.69, 9.17) is 4.74 Å². The summed E-state index contributed by atoms with van der Waals surface area (Å²) in [6.07, 6.45) is 2.25. The lowest BCUT2D eigenvalue weighted by molar-refractivity contribution is -0.147. The van der Waals surface area contributed by atoms with Gasteiger partial charge in [-0.25, -0.2) is 0 Å². The predicted molar refractivity (Wildman–Crippen MR) is 66.7 cm³/mol. The molecule has 1 aromatic carbocycles. The Hall–Kier alpha value is -1.25. The molecule has 0 amide bonds. The van der Waals surface area contributed by atoms with Crippen molar-refractivity contribution in [3.63, 3.8) is 0 Å². The number of esters is 1. The average molecular weight is 216 g/mol. The van der Waals surface area contributed by atoms with Crippen molar-refractivity contribution < 1.29 is 9.53 Å². The second kappa shape index (κ2) is 3.97. The van der Waals surface area contributed by atoms with Gasteiger partial charge in [-0.3, -0.25) is 4.79 Å². The maximum atomic E-state index is 12.0. The third-order valence-electron chi connectivity index (χ3n) is 3.65. The van der Waals surface area contributed by atoms with Gasteiger partial charge in [0.1, 0.15) is 7.85 Å². The number of hydrogen-bond donors (Lipinski definition) is 0. The number of rotatable bonds is 3. The lowest BCUT2D eigenvalue weighted by atomic mass is 9.77. The van der Waals surface area contributed by atoms with Crippen LogP contribution in [-0.4, -0.2) is 20.9 Å². The Balaban J connectivity index is 2.39. The third kappa shape index (κ3) is 1.75. The number of carbonyl (C=O) groups excluding carboxylic acids is 1. The van der Waals surface area contributed by atoms with E-state index in [1.807, 2.05) is 19.1 Å². The molecule has 1 aromatic rings. The van der Waals surface area contributed by atoms with Crippen LogP contribution in [0.15, 0.2) is 24.3 Å². The summed E-state index contributed by atoms with van der Waals surface area (Å²) >= 11 is 0. The summed E-state index contributed by atoms with van der Waals surface area (Å²) in [6, 6.07) is 8.20. The van der Waals surface area contributed by atoms with Gasteiger partial charge < -0.3 is 4.74 Å². The average Bonchev–Trinajstić information content (AvgIpc) is 3.12. The molecule has 2 rings (SSSR count). The first-order chi connectivity index (χ1) is 7.59. The molecule has 84 valence electrons. The molecule has 1 aliphatic carbocycles. The van der Waals surface area contributed by atoms with E-state index in [1.54, 1.807) is 0 Å². The Morgan fingerprint density at radius 3 is 2.38 bits per heavy atom. The second-order valence-electron chi connectivity index (χ2n) is 4.83. The van der Waals surface area contributed by atoms with Gasteiger partial charge in [0.25, 0.3) is 0 Å². The van der Waals surface area contributed by atoms with E-state index in [0.717, 1.165) is 18.4 Å². The molecule has 1 saturated carbocycles. The van der Waals surface area contributed by atoms with Gasteiger partial charge in [0.15, 0.2) is 0 Å². The molecule has 0 radical (unpaired) electrons. The molecule has 1 atom stereocenters. The normalized spacial score (nSPS) is 18.9. The van der Waals surface area contributed by atoms with Crippen LogP contribution in [0.3, 0.4) is 0 Å². The van der Waals surface area contributed by atoms with Crippen molar-refractivity contribution in [1.82, 2.24) is 0 Å². The van der Waals surface area contributed by atoms with Gasteiger partial charge >= 0.3 is 5.97 Å². The zero-order valence-corrected chi connectivity index (χ0v) is 10.1. The minimum absolute atomic E-state index is 0.112. The summed E-state index contributed by atoms with van der Waals surface area (Å²) in [6.45, 7) is 2.00. The lowest BCUT2D eigenvalue weighted by Crippen LogP contribution is -2.36. The van der Waals surface area contributed by atoms with Crippen LogP contribution < -0.4 is 5.46 Å². The molecule has 0 aromatic heterocycles. The molecule has 1 unspecified atom stereocenters. The molecule has 1 aliphatic rings. The first-order valence-corrected chi connectivity index (χ1v) is 5.74. The molecule has 0 spiro atoms. The van der Waals surface area contributed by atoms with Gasteiger partial charge in [0, 0.05) is 0 Å². The second-order valence-corrected chi connectivity index (χ2v) is 4.83. The van der Waals surface area contributed by atoms with E-state index in [9.17, 15) is 4.79 Å². The highest BCUT2D eigenvalue weighted by Gasteiger charge is 2.49. The Morgan fingerprint density at radius 2 is 1.94 bits per heavy atom. The van der Waals surface area contributed by atoms with Crippen molar-refractivity contribution >= 4 is 19.3 Å². The van der Waals surface area contributed by atoms with Crippen LogP contribution in [0.1, 0.15) is 25.3 Å². The summed E-state index contributed by atoms with van der Waals surface area (Å²) in [7, 11) is 3.52. The SMILES string of the molecule is Bc1ccc(C(C)(C(=O)OC)C2CC2)cc1. The van der Waals surface area contributed by atoms with Crippen molar-refractivity contribution in [2.75, 3.05) is 7.11 Å². The maximum Gasteiger partial charge on any atom is 0.316 e. The van der Waals surface area contributed by atoms with Crippen LogP contribution in [-0.2, 0) is 14.9 Å². The molecule has 0 saturated heterocycles. The maximum absolute atomic E-state index is 12.0. The smallest absolute Gasteiger partial charge is 0.316 e. The van der Waals surface area contributed by atoms with Crippen LogP contribution in [0.2, 0.25) is 0 Å². The first-order valence-electron chi connectivity index (χ1n) is 5.74. The number of ether oxygens (including phenoxy) is 1. The zero-order chi connectivity index (χ0) is 11.8. The number of benzene rings is 1. The fourth-order valence-corrected chi connectivity index (χ4v) is 2.29. The summed E-state index contributed by atoms with van der Waals surface area (Å²) in [5, 5.41) is 0. The molecule has 3 heteroatoms. The van der Waals surface area contributed by atoms with Gasteiger partial charge in [0.05, 0.1) is 12.5 Å². The summed E-state index contributed by atoms with van der Waals surface area (Å²) in [4.78, 5) is 12.0. The van der Waals surface area contributed by atoms with Crippen molar-refractivity contribution in [3.05, 3.63) is 29.8 Å². The molecule has 0 aliphatic heterocycles. The van der Waals surface area contributed by atoms with E-state index in [-0.39, 0.29) is 5.97 Å². The molecule has 16 heavy (non-hydrogen) atoms. The Labute approximate surface area is 97.4 Å². The minimum Gasteiger partial charge on any atom is -0.468 e. The molecular formula is C13H17BO2. The standard InChI is InChI=1S/C13H17BO2/c1-13(9-3-4-9,12(15)16-2)10-5-7-11(14)8-6-10/h5-9H,3-4,14H2,1-2H3. The predicted octanol–water partition coefficient (Wildman–Crippen LogP) is 0.786. The summed E-state index contributed by atoms with van der Waals surface area (Å²) in [5.41, 5.74) is 1.84. The summed E-state index contributed by atoms with van der Waals surface area (Å²) in [5.74, 6) is 0.335. The van der Waals surface area contributed by atoms with Crippen LogP contribution in [0, 0.1) is 5.92 Å². The molecule has 0 N–H and O–H groups in total. The summed E-state index contributed by atoms with van der Waals surface area (Å²) < 4.78 is 4.96. The first kappa shape index (κ1) is 11.2. The minimum atomic E-state index is -0.456. The van der Waals surface area contributed by atoms with Gasteiger partial charge in [-0.05, 0) is 31.2 Å². The third-order valence-corrected chi connectivity index (χ3v) is 3.65. The highest BCUT2D eigenvalue weighted by Crippen LogP contribution is 2.47. The molecule has 1 fully saturated rings. The number of methoxy groups -OCH3 is 1. The van der Waals surface area contributed by atoms with E-state index in [2.05, 4.69) is 20.0 Å². The van der Waals surface area contributed by atoms with Gasteiger partial charge in [-0.2, -0.15) is 0 Å². The molecule has 0 bridgehead atoms. The Bertz CT molecular complexity index is 395. The lowest BCUT2D eigenvalue weighted by Gasteiger charge is -2.27. The van der Waals surface area contributed by atoms with E-state index in [0.29, 0.717) is 5.92 Å².